The summed E-state index contributed by atoms with van der Waals surface area (Å²) in [5.74, 6) is 0.0923. The highest BCUT2D eigenvalue weighted by Crippen LogP contribution is 2.27. The highest BCUT2D eigenvalue weighted by Gasteiger charge is 2.19. The van der Waals surface area contributed by atoms with Crippen LogP contribution >= 0.6 is 0 Å². The number of benzene rings is 1. The molecule has 0 bridgehead atoms. The topological polar surface area (TPSA) is 87.0 Å². The Morgan fingerprint density at radius 2 is 2.31 bits per heavy atom. The van der Waals surface area contributed by atoms with Crippen LogP contribution in [0.3, 0.4) is 0 Å². The second-order valence-corrected chi connectivity index (χ2v) is 6.18. The number of hydrogen-bond donors (Lipinski definition) is 2. The highest BCUT2D eigenvalue weighted by molar-refractivity contribution is 5.87. The predicted molar refractivity (Wildman–Crippen MR) is 99.2 cm³/mol. The van der Waals surface area contributed by atoms with Gasteiger partial charge in [0.05, 0.1) is 11.9 Å². The summed E-state index contributed by atoms with van der Waals surface area (Å²) in [7, 11) is 0. The number of nitrogens with one attached hydrogen (secondary N) is 1. The third-order valence-corrected chi connectivity index (χ3v) is 4.19. The average Bonchev–Trinajstić information content (AvgIpc) is 3.02. The number of carbonyl (C=O) groups is 1. The van der Waals surface area contributed by atoms with E-state index in [1.165, 1.54) is 0 Å². The van der Waals surface area contributed by atoms with Crippen LogP contribution in [0, 0.1) is 6.92 Å². The molecule has 1 aliphatic heterocycles. The van der Waals surface area contributed by atoms with E-state index in [0.717, 1.165) is 28.2 Å². The average molecular weight is 354 g/mol. The number of ether oxygens (including phenoxy) is 1. The van der Waals surface area contributed by atoms with Crippen LogP contribution in [-0.2, 0) is 11.2 Å². The molecule has 0 spiro atoms. The Morgan fingerprint density at radius 1 is 1.46 bits per heavy atom. The quantitative estimate of drug-likeness (QED) is 0.470. The maximum atomic E-state index is 12.3. The van der Waals surface area contributed by atoms with Gasteiger partial charge in [-0.3, -0.25) is 9.78 Å². The molecular weight excluding hydrogens is 332 g/mol. The Bertz CT molecular complexity index is 822. The summed E-state index contributed by atoms with van der Waals surface area (Å²) in [4.78, 5) is 16.4. The van der Waals surface area contributed by atoms with Crippen molar-refractivity contribution in [1.29, 1.82) is 0 Å². The van der Waals surface area contributed by atoms with E-state index in [2.05, 4.69) is 22.3 Å². The molecule has 1 aromatic heterocycles. The molecule has 1 aromatic carbocycles. The van der Waals surface area contributed by atoms with E-state index >= 15 is 0 Å². The number of fused-ring (bicyclic) bond motifs is 1. The number of anilines is 1. The molecular formula is C19H22N4O3. The second-order valence-electron chi connectivity index (χ2n) is 6.18. The van der Waals surface area contributed by atoms with Crippen LogP contribution < -0.4 is 10.1 Å². The number of aliphatic hydroxyl groups is 1. The van der Waals surface area contributed by atoms with E-state index in [-0.39, 0.29) is 6.61 Å². The molecule has 26 heavy (non-hydrogen) atoms. The van der Waals surface area contributed by atoms with E-state index in [4.69, 9.17) is 4.74 Å². The van der Waals surface area contributed by atoms with Crippen molar-refractivity contribution >= 4 is 17.8 Å². The third kappa shape index (κ3) is 4.00. The number of amides is 1. The summed E-state index contributed by atoms with van der Waals surface area (Å²) in [5, 5.41) is 18.0. The summed E-state index contributed by atoms with van der Waals surface area (Å²) >= 11 is 0. The molecule has 0 radical (unpaired) electrons. The normalized spacial score (nSPS) is 15.6. The zero-order valence-electron chi connectivity index (χ0n) is 14.8. The van der Waals surface area contributed by atoms with Crippen LogP contribution in [0.25, 0.3) is 0 Å². The Hall–Kier alpha value is -2.93. The Labute approximate surface area is 152 Å². The molecule has 2 heterocycles. The summed E-state index contributed by atoms with van der Waals surface area (Å²) < 4.78 is 5.47. The number of aliphatic hydroxyl groups excluding tert-OH is 1. The van der Waals surface area contributed by atoms with E-state index in [1.54, 1.807) is 31.5 Å². The van der Waals surface area contributed by atoms with Crippen molar-refractivity contribution in [2.24, 2.45) is 5.10 Å². The van der Waals surface area contributed by atoms with Crippen LogP contribution in [0.4, 0.5) is 5.69 Å². The third-order valence-electron chi connectivity index (χ3n) is 4.19. The largest absolute Gasteiger partial charge is 0.482 e. The number of aryl methyl sites for hydroxylation is 1. The molecule has 7 heteroatoms. The summed E-state index contributed by atoms with van der Waals surface area (Å²) in [6.45, 7) is 3.17. The van der Waals surface area contributed by atoms with Gasteiger partial charge in [0.1, 0.15) is 12.5 Å². The number of hydrogen-bond acceptors (Lipinski definition) is 6. The van der Waals surface area contributed by atoms with Gasteiger partial charge in [-0.25, -0.2) is 5.01 Å². The number of rotatable bonds is 6. The fourth-order valence-corrected chi connectivity index (χ4v) is 2.86. The van der Waals surface area contributed by atoms with E-state index in [9.17, 15) is 9.90 Å². The lowest BCUT2D eigenvalue weighted by molar-refractivity contribution is -0.137. The maximum Gasteiger partial charge on any atom is 0.282 e. The van der Waals surface area contributed by atoms with Crippen LogP contribution in [0.2, 0.25) is 0 Å². The first-order valence-corrected chi connectivity index (χ1v) is 8.46. The van der Waals surface area contributed by atoms with Crippen molar-refractivity contribution in [3.8, 4) is 5.75 Å². The minimum absolute atomic E-state index is 0.226. The van der Waals surface area contributed by atoms with Gasteiger partial charge in [-0.2, -0.15) is 5.10 Å². The van der Waals surface area contributed by atoms with Crippen molar-refractivity contribution in [2.75, 3.05) is 18.7 Å². The van der Waals surface area contributed by atoms with Gasteiger partial charge in [0, 0.05) is 17.9 Å². The maximum absolute atomic E-state index is 12.3. The van der Waals surface area contributed by atoms with Crippen molar-refractivity contribution in [1.82, 2.24) is 9.99 Å². The van der Waals surface area contributed by atoms with Gasteiger partial charge in [-0.05, 0) is 49.6 Å². The van der Waals surface area contributed by atoms with Gasteiger partial charge in [-0.1, -0.05) is 12.1 Å². The van der Waals surface area contributed by atoms with Gasteiger partial charge in [0.15, 0.2) is 6.61 Å². The molecule has 1 atom stereocenters. The van der Waals surface area contributed by atoms with Crippen molar-refractivity contribution in [2.45, 2.75) is 26.3 Å². The van der Waals surface area contributed by atoms with Gasteiger partial charge in [0.25, 0.3) is 5.91 Å². The van der Waals surface area contributed by atoms with Crippen molar-refractivity contribution in [3.05, 3.63) is 53.3 Å². The Kier molecular flexibility index (Phi) is 5.48. The standard InChI is InChI=1S/C19H22N4O3/c1-13-9-16-15(5-3-6-17(16)22-13)10-21-23(12-24)19(25)11-26-18-7-4-8-20-14(18)2/h3-8,10,13,22,24H,9,11-12H2,1-2H3/b21-10+. The van der Waals surface area contributed by atoms with E-state index in [0.29, 0.717) is 17.5 Å². The summed E-state index contributed by atoms with van der Waals surface area (Å²) in [6, 6.07) is 9.74. The molecule has 2 aromatic rings. The lowest BCUT2D eigenvalue weighted by atomic mass is 10.0. The smallest absolute Gasteiger partial charge is 0.282 e. The molecule has 7 nitrogen and oxygen atoms in total. The summed E-state index contributed by atoms with van der Waals surface area (Å²) in [6.07, 6.45) is 4.15. The van der Waals surface area contributed by atoms with Crippen molar-refractivity contribution < 1.29 is 14.6 Å². The monoisotopic (exact) mass is 354 g/mol. The minimum atomic E-state index is -0.519. The molecule has 3 rings (SSSR count). The van der Waals surface area contributed by atoms with Gasteiger partial charge >= 0.3 is 0 Å². The number of carbonyl (C=O) groups excluding carboxylic acids is 1. The first kappa shape index (κ1) is 17.9. The Balaban J connectivity index is 1.66. The zero-order chi connectivity index (χ0) is 18.5. The molecule has 136 valence electrons. The molecule has 0 saturated heterocycles. The van der Waals surface area contributed by atoms with Gasteiger partial charge in [0.2, 0.25) is 0 Å². The van der Waals surface area contributed by atoms with Crippen LogP contribution in [0.5, 0.6) is 5.75 Å². The van der Waals surface area contributed by atoms with Crippen LogP contribution in [-0.4, -0.2) is 46.6 Å². The number of nitrogens with zero attached hydrogens (tertiary/aromatic N) is 3. The fourth-order valence-electron chi connectivity index (χ4n) is 2.86. The highest BCUT2D eigenvalue weighted by atomic mass is 16.5. The Morgan fingerprint density at radius 3 is 3.08 bits per heavy atom. The zero-order valence-corrected chi connectivity index (χ0v) is 14.8. The molecule has 0 aliphatic carbocycles. The summed E-state index contributed by atoms with van der Waals surface area (Å²) in [5.41, 5.74) is 3.87. The molecule has 0 saturated carbocycles. The second kappa shape index (κ2) is 7.97. The lowest BCUT2D eigenvalue weighted by Gasteiger charge is -2.15. The van der Waals surface area contributed by atoms with Crippen LogP contribution in [0.1, 0.15) is 23.7 Å². The van der Waals surface area contributed by atoms with E-state index < -0.39 is 12.6 Å². The SMILES string of the molecule is Cc1ncccc1OCC(=O)N(CO)/N=C/c1cccc2c1CC(C)N2. The minimum Gasteiger partial charge on any atom is -0.482 e. The van der Waals surface area contributed by atoms with Crippen molar-refractivity contribution in [3.63, 3.8) is 0 Å². The molecule has 1 unspecified atom stereocenters. The first-order valence-electron chi connectivity index (χ1n) is 8.46. The van der Waals surface area contributed by atoms with Crippen LogP contribution in [0.15, 0.2) is 41.6 Å². The molecule has 1 amide bonds. The predicted octanol–water partition coefficient (Wildman–Crippen LogP) is 1.94. The fraction of sp³-hybridized carbons (Fsp3) is 0.316. The number of pyridine rings is 1. The number of aromatic nitrogens is 1. The first-order chi connectivity index (χ1) is 12.6. The molecule has 2 N–H and O–H groups in total. The molecule has 1 aliphatic rings. The van der Waals surface area contributed by atoms with E-state index in [1.807, 2.05) is 18.2 Å². The molecule has 0 fully saturated rings. The lowest BCUT2D eigenvalue weighted by Crippen LogP contribution is -2.31. The van der Waals surface area contributed by atoms with Gasteiger partial charge in [-0.15, -0.1) is 0 Å². The van der Waals surface area contributed by atoms with Gasteiger partial charge < -0.3 is 15.2 Å². The number of hydrazone groups is 1.